The van der Waals surface area contributed by atoms with Crippen molar-refractivity contribution in [2.45, 2.75) is 13.8 Å². The lowest BCUT2D eigenvalue weighted by molar-refractivity contribution is 0.101. The smallest absolute Gasteiger partial charge is 0.322 e. The summed E-state index contributed by atoms with van der Waals surface area (Å²) in [5, 5.41) is 2.83. The van der Waals surface area contributed by atoms with Crippen molar-refractivity contribution in [1.82, 2.24) is 14.3 Å². The van der Waals surface area contributed by atoms with Crippen LogP contribution in [0.25, 0.3) is 5.69 Å². The maximum absolute atomic E-state index is 13.0. The highest BCUT2D eigenvalue weighted by Crippen LogP contribution is 2.19. The number of carbonyl (C=O) groups excluding carboxylic acids is 2. The maximum atomic E-state index is 13.0. The van der Waals surface area contributed by atoms with Crippen molar-refractivity contribution >= 4 is 23.2 Å². The third kappa shape index (κ3) is 4.03. The minimum Gasteiger partial charge on any atom is -0.368 e. The lowest BCUT2D eigenvalue weighted by Gasteiger charge is -2.36. The minimum absolute atomic E-state index is 0.0422. The van der Waals surface area contributed by atoms with Crippen LogP contribution in [-0.2, 0) is 7.05 Å². The molecule has 8 heteroatoms. The molecule has 0 bridgehead atoms. The van der Waals surface area contributed by atoms with Gasteiger partial charge in [0.2, 0.25) is 0 Å². The Hall–Kier alpha value is -3.81. The molecule has 32 heavy (non-hydrogen) atoms. The number of anilines is 2. The summed E-state index contributed by atoms with van der Waals surface area (Å²) in [7, 11) is 1.80. The lowest BCUT2D eigenvalue weighted by atomic mass is 10.1. The van der Waals surface area contributed by atoms with E-state index in [1.165, 1.54) is 0 Å². The number of rotatable bonds is 4. The Morgan fingerprint density at radius 3 is 2.09 bits per heavy atom. The van der Waals surface area contributed by atoms with Crippen molar-refractivity contribution in [2.75, 3.05) is 36.4 Å². The molecule has 0 aliphatic carbocycles. The molecule has 1 N–H and O–H groups in total. The van der Waals surface area contributed by atoms with Crippen LogP contribution in [0.15, 0.2) is 59.4 Å². The van der Waals surface area contributed by atoms with Gasteiger partial charge in [-0.25, -0.2) is 9.48 Å². The number of Topliss-reactive ketones (excluding diaryl/α,β-unsaturated/α-hetero) is 1. The van der Waals surface area contributed by atoms with Gasteiger partial charge in [0, 0.05) is 44.5 Å². The second-order valence-corrected chi connectivity index (χ2v) is 7.94. The second kappa shape index (κ2) is 8.74. The molecule has 1 aliphatic rings. The van der Waals surface area contributed by atoms with E-state index in [0.717, 1.165) is 11.4 Å². The summed E-state index contributed by atoms with van der Waals surface area (Å²) in [6.07, 6.45) is 0. The normalized spacial score (nSPS) is 13.8. The molecular formula is C24H27N5O3. The number of amides is 2. The average molecular weight is 434 g/mol. The van der Waals surface area contributed by atoms with Gasteiger partial charge in [0.1, 0.15) is 5.69 Å². The second-order valence-electron chi connectivity index (χ2n) is 7.94. The lowest BCUT2D eigenvalue weighted by Crippen LogP contribution is -2.50. The predicted molar refractivity (Wildman–Crippen MR) is 125 cm³/mol. The van der Waals surface area contributed by atoms with E-state index in [4.69, 9.17) is 0 Å². The Labute approximate surface area is 186 Å². The Morgan fingerprint density at radius 2 is 1.50 bits per heavy atom. The van der Waals surface area contributed by atoms with Crippen molar-refractivity contribution in [3.05, 3.63) is 76.2 Å². The molecule has 2 heterocycles. The Morgan fingerprint density at radius 1 is 0.875 bits per heavy atom. The number of benzene rings is 2. The zero-order valence-electron chi connectivity index (χ0n) is 18.5. The van der Waals surface area contributed by atoms with Crippen LogP contribution >= 0.6 is 0 Å². The molecule has 1 saturated heterocycles. The number of nitrogens with zero attached hydrogens (tertiary/aromatic N) is 4. The summed E-state index contributed by atoms with van der Waals surface area (Å²) in [4.78, 5) is 41.3. The molecule has 1 aliphatic heterocycles. The Bertz CT molecular complexity index is 1190. The standard InChI is InChI=1S/C24H27N5O3/c1-17-22(23(31)29(26(17)3)21-7-5-4-6-8-21)25-24(32)28-15-13-27(14-16-28)20-11-9-19(10-12-20)18(2)30/h4-12H,13-16H2,1-3H3,(H,25,32). The number of carbonyl (C=O) groups is 2. The van der Waals surface area contributed by atoms with Crippen molar-refractivity contribution < 1.29 is 9.59 Å². The number of para-hydroxylation sites is 1. The molecule has 8 nitrogen and oxygen atoms in total. The van der Waals surface area contributed by atoms with Gasteiger partial charge in [0.05, 0.1) is 11.4 Å². The monoisotopic (exact) mass is 433 g/mol. The fraction of sp³-hybridized carbons (Fsp3) is 0.292. The van der Waals surface area contributed by atoms with Crippen molar-refractivity contribution in [2.24, 2.45) is 7.05 Å². The van der Waals surface area contributed by atoms with Gasteiger partial charge < -0.3 is 15.1 Å². The van der Waals surface area contributed by atoms with Gasteiger partial charge in [-0.15, -0.1) is 0 Å². The summed E-state index contributed by atoms with van der Waals surface area (Å²) in [6, 6.07) is 16.6. The summed E-state index contributed by atoms with van der Waals surface area (Å²) >= 11 is 0. The summed E-state index contributed by atoms with van der Waals surface area (Å²) in [5.41, 5.74) is 3.19. The quantitative estimate of drug-likeness (QED) is 0.642. The van der Waals surface area contributed by atoms with E-state index in [0.29, 0.717) is 43.1 Å². The molecule has 0 unspecified atom stereocenters. The highest BCUT2D eigenvalue weighted by molar-refractivity contribution is 5.94. The third-order valence-corrected chi connectivity index (χ3v) is 5.99. The van der Waals surface area contributed by atoms with E-state index in [1.54, 1.807) is 28.2 Å². The Balaban J connectivity index is 1.44. The topological polar surface area (TPSA) is 79.6 Å². The first-order valence-electron chi connectivity index (χ1n) is 10.6. The number of piperazine rings is 1. The minimum atomic E-state index is -0.275. The van der Waals surface area contributed by atoms with Gasteiger partial charge in [-0.05, 0) is 50.2 Å². The number of hydrogen-bond acceptors (Lipinski definition) is 4. The first-order chi connectivity index (χ1) is 15.4. The van der Waals surface area contributed by atoms with E-state index in [2.05, 4.69) is 10.2 Å². The van der Waals surface area contributed by atoms with Crippen LogP contribution < -0.4 is 15.8 Å². The fourth-order valence-electron chi connectivity index (χ4n) is 3.97. The van der Waals surface area contributed by atoms with Crippen molar-refractivity contribution in [3.8, 4) is 5.69 Å². The molecule has 0 atom stereocenters. The number of hydrogen-bond donors (Lipinski definition) is 1. The fourth-order valence-corrected chi connectivity index (χ4v) is 3.97. The molecule has 0 spiro atoms. The first kappa shape index (κ1) is 21.4. The van der Waals surface area contributed by atoms with Gasteiger partial charge >= 0.3 is 6.03 Å². The van der Waals surface area contributed by atoms with Crippen LogP contribution in [0.3, 0.4) is 0 Å². The molecule has 166 valence electrons. The molecule has 1 aromatic heterocycles. The van der Waals surface area contributed by atoms with Crippen LogP contribution in [-0.4, -0.2) is 52.3 Å². The van der Waals surface area contributed by atoms with Crippen LogP contribution in [0.4, 0.5) is 16.2 Å². The van der Waals surface area contributed by atoms with E-state index in [9.17, 15) is 14.4 Å². The molecule has 3 aromatic rings. The van der Waals surface area contributed by atoms with Gasteiger partial charge in [-0.1, -0.05) is 18.2 Å². The zero-order chi connectivity index (χ0) is 22.8. The molecular weight excluding hydrogens is 406 g/mol. The zero-order valence-corrected chi connectivity index (χ0v) is 18.5. The predicted octanol–water partition coefficient (Wildman–Crippen LogP) is 3.04. The number of urea groups is 1. The summed E-state index contributed by atoms with van der Waals surface area (Å²) in [6.45, 7) is 5.80. The van der Waals surface area contributed by atoms with Crippen LogP contribution in [0.2, 0.25) is 0 Å². The first-order valence-corrected chi connectivity index (χ1v) is 10.6. The van der Waals surface area contributed by atoms with E-state index in [1.807, 2.05) is 61.5 Å². The summed E-state index contributed by atoms with van der Waals surface area (Å²) < 4.78 is 3.30. The molecule has 0 radical (unpaired) electrons. The molecule has 4 rings (SSSR count). The molecule has 2 aromatic carbocycles. The van der Waals surface area contributed by atoms with Crippen molar-refractivity contribution in [1.29, 1.82) is 0 Å². The van der Waals surface area contributed by atoms with Gasteiger partial charge in [-0.2, -0.15) is 0 Å². The molecule has 2 amide bonds. The Kier molecular flexibility index (Phi) is 5.85. The van der Waals surface area contributed by atoms with E-state index in [-0.39, 0.29) is 17.4 Å². The van der Waals surface area contributed by atoms with E-state index < -0.39 is 0 Å². The molecule has 0 saturated carbocycles. The number of ketones is 1. The van der Waals surface area contributed by atoms with Gasteiger partial charge in [0.25, 0.3) is 5.56 Å². The van der Waals surface area contributed by atoms with Crippen LogP contribution in [0, 0.1) is 6.92 Å². The maximum Gasteiger partial charge on any atom is 0.322 e. The van der Waals surface area contributed by atoms with Gasteiger partial charge in [0.15, 0.2) is 5.78 Å². The molecule has 1 fully saturated rings. The SMILES string of the molecule is CC(=O)c1ccc(N2CCN(C(=O)Nc3c(C)n(C)n(-c4ccccc4)c3=O)CC2)cc1. The third-order valence-electron chi connectivity index (χ3n) is 5.99. The van der Waals surface area contributed by atoms with Crippen molar-refractivity contribution in [3.63, 3.8) is 0 Å². The van der Waals surface area contributed by atoms with E-state index >= 15 is 0 Å². The van der Waals surface area contributed by atoms with Crippen LogP contribution in [0.1, 0.15) is 23.0 Å². The largest absolute Gasteiger partial charge is 0.368 e. The highest BCUT2D eigenvalue weighted by atomic mass is 16.2. The van der Waals surface area contributed by atoms with Gasteiger partial charge in [-0.3, -0.25) is 14.3 Å². The summed E-state index contributed by atoms with van der Waals surface area (Å²) in [5.74, 6) is 0.0422. The highest BCUT2D eigenvalue weighted by Gasteiger charge is 2.24. The number of nitrogens with one attached hydrogen (secondary N) is 1. The van der Waals surface area contributed by atoms with Crippen LogP contribution in [0.5, 0.6) is 0 Å². The average Bonchev–Trinajstić information content (AvgIpc) is 3.02. The number of aromatic nitrogens is 2.